The van der Waals surface area contributed by atoms with Crippen LogP contribution < -0.4 is 0 Å². The highest BCUT2D eigenvalue weighted by atomic mass is 16.3. The molecule has 3 heteroatoms. The molecule has 0 aliphatic carbocycles. The summed E-state index contributed by atoms with van der Waals surface area (Å²) in [5.74, 6) is 0. The van der Waals surface area contributed by atoms with Crippen molar-refractivity contribution in [3.63, 3.8) is 0 Å². The molecule has 0 fully saturated rings. The van der Waals surface area contributed by atoms with Crippen LogP contribution in [0.2, 0.25) is 0 Å². The highest BCUT2D eigenvalue weighted by molar-refractivity contribution is 6.16. The highest BCUT2D eigenvalue weighted by Gasteiger charge is 2.08. The molecular weight excluding hydrogens is 212 g/mol. The minimum absolute atomic E-state index is 0.834. The molecular formula is C14H8N2O. The molecule has 0 aliphatic heterocycles. The van der Waals surface area contributed by atoms with Gasteiger partial charge in [-0.25, -0.2) is 4.98 Å². The first-order valence-electron chi connectivity index (χ1n) is 5.43. The lowest BCUT2D eigenvalue weighted by atomic mass is 10.1. The van der Waals surface area contributed by atoms with Gasteiger partial charge in [-0.2, -0.15) is 0 Å². The molecule has 0 spiro atoms. The Balaban J connectivity index is 2.41. The van der Waals surface area contributed by atoms with Crippen molar-refractivity contribution in [2.75, 3.05) is 0 Å². The van der Waals surface area contributed by atoms with Crippen LogP contribution in [0.1, 0.15) is 0 Å². The number of nitrogens with zero attached hydrogens (tertiary/aromatic N) is 2. The third kappa shape index (κ3) is 1.11. The van der Waals surface area contributed by atoms with E-state index < -0.39 is 0 Å². The van der Waals surface area contributed by atoms with E-state index in [0.29, 0.717) is 0 Å². The molecule has 0 saturated heterocycles. The predicted molar refractivity (Wildman–Crippen MR) is 66.8 cm³/mol. The van der Waals surface area contributed by atoms with Crippen molar-refractivity contribution in [2.45, 2.75) is 0 Å². The van der Waals surface area contributed by atoms with Gasteiger partial charge in [-0.05, 0) is 12.1 Å². The largest absolute Gasteiger partial charge is 0.443 e. The minimum Gasteiger partial charge on any atom is -0.443 e. The van der Waals surface area contributed by atoms with Crippen LogP contribution in [0.4, 0.5) is 0 Å². The van der Waals surface area contributed by atoms with Crippen LogP contribution in [0, 0.1) is 0 Å². The van der Waals surface area contributed by atoms with Crippen LogP contribution in [0.5, 0.6) is 0 Å². The van der Waals surface area contributed by atoms with Crippen LogP contribution >= 0.6 is 0 Å². The molecule has 0 amide bonds. The smallest absolute Gasteiger partial charge is 0.182 e. The normalized spacial score (nSPS) is 11.5. The second-order valence-electron chi connectivity index (χ2n) is 4.01. The lowest BCUT2D eigenvalue weighted by molar-refractivity contribution is 0.605. The van der Waals surface area contributed by atoms with E-state index in [0.717, 1.165) is 32.8 Å². The second kappa shape index (κ2) is 3.04. The summed E-state index contributed by atoms with van der Waals surface area (Å²) in [6.07, 6.45) is 3.36. The van der Waals surface area contributed by atoms with Gasteiger partial charge in [0.05, 0.1) is 5.52 Å². The van der Waals surface area contributed by atoms with E-state index in [-0.39, 0.29) is 0 Å². The minimum atomic E-state index is 0.834. The molecule has 80 valence electrons. The van der Waals surface area contributed by atoms with E-state index in [9.17, 15) is 0 Å². The molecule has 2 aromatic heterocycles. The van der Waals surface area contributed by atoms with Gasteiger partial charge in [-0.3, -0.25) is 4.98 Å². The molecule has 4 rings (SSSR count). The van der Waals surface area contributed by atoms with Crippen molar-refractivity contribution in [1.29, 1.82) is 0 Å². The fraction of sp³-hybridized carbons (Fsp3) is 0. The Labute approximate surface area is 96.7 Å². The topological polar surface area (TPSA) is 38.9 Å². The second-order valence-corrected chi connectivity index (χ2v) is 4.01. The molecule has 2 heterocycles. The van der Waals surface area contributed by atoms with Crippen LogP contribution in [0.25, 0.3) is 32.8 Å². The average Bonchev–Trinajstić information content (AvgIpc) is 2.86. The first-order valence-corrected chi connectivity index (χ1v) is 5.43. The van der Waals surface area contributed by atoms with Crippen LogP contribution in [0.15, 0.2) is 53.4 Å². The highest BCUT2D eigenvalue weighted by Crippen LogP contribution is 2.30. The summed E-state index contributed by atoms with van der Waals surface area (Å²) in [5.41, 5.74) is 2.69. The number of rotatable bonds is 0. The number of para-hydroxylation sites is 1. The van der Waals surface area contributed by atoms with E-state index in [2.05, 4.69) is 16.0 Å². The first kappa shape index (κ1) is 8.70. The summed E-state index contributed by atoms with van der Waals surface area (Å²) in [6, 6.07) is 12.0. The summed E-state index contributed by atoms with van der Waals surface area (Å²) in [5, 5.41) is 3.27. The van der Waals surface area contributed by atoms with E-state index >= 15 is 0 Å². The Morgan fingerprint density at radius 2 is 1.82 bits per heavy atom. The van der Waals surface area contributed by atoms with Gasteiger partial charge in [0.25, 0.3) is 0 Å². The summed E-state index contributed by atoms with van der Waals surface area (Å²) in [6.45, 7) is 0. The van der Waals surface area contributed by atoms with Crippen molar-refractivity contribution in [3.05, 3.63) is 49.0 Å². The molecule has 0 atom stereocenters. The molecule has 3 nitrogen and oxygen atoms in total. The van der Waals surface area contributed by atoms with Crippen molar-refractivity contribution in [1.82, 2.24) is 9.97 Å². The summed E-state index contributed by atoms with van der Waals surface area (Å²) in [7, 11) is 0. The van der Waals surface area contributed by atoms with Gasteiger partial charge >= 0.3 is 0 Å². The van der Waals surface area contributed by atoms with Gasteiger partial charge in [0, 0.05) is 22.4 Å². The SMILES string of the molecule is c1ccc2c(c1)ncc1ccc3ncoc3c12. The van der Waals surface area contributed by atoms with Crippen LogP contribution in [-0.2, 0) is 0 Å². The molecule has 17 heavy (non-hydrogen) atoms. The molecule has 4 aromatic rings. The van der Waals surface area contributed by atoms with E-state index in [4.69, 9.17) is 4.42 Å². The van der Waals surface area contributed by atoms with Crippen molar-refractivity contribution >= 4 is 32.8 Å². The van der Waals surface area contributed by atoms with Gasteiger partial charge in [0.2, 0.25) is 0 Å². The average molecular weight is 220 g/mol. The maximum atomic E-state index is 5.50. The first-order chi connectivity index (χ1) is 8.43. The van der Waals surface area contributed by atoms with E-state index in [1.54, 1.807) is 0 Å². The molecule has 0 saturated carbocycles. The standard InChI is InChI=1S/C14H8N2O/c1-2-4-11-10(3-1)13-9(7-15-11)5-6-12-14(13)17-8-16-12/h1-8H. The van der Waals surface area contributed by atoms with E-state index in [1.165, 1.54) is 6.39 Å². The molecule has 0 unspecified atom stereocenters. The molecule has 0 radical (unpaired) electrons. The maximum Gasteiger partial charge on any atom is 0.182 e. The number of fused-ring (bicyclic) bond motifs is 5. The van der Waals surface area contributed by atoms with Crippen molar-refractivity contribution in [2.24, 2.45) is 0 Å². The summed E-state index contributed by atoms with van der Waals surface area (Å²) in [4.78, 5) is 8.63. The van der Waals surface area contributed by atoms with Crippen molar-refractivity contribution in [3.8, 4) is 0 Å². The number of oxazole rings is 1. The zero-order chi connectivity index (χ0) is 11.2. The Morgan fingerprint density at radius 3 is 2.82 bits per heavy atom. The van der Waals surface area contributed by atoms with Crippen molar-refractivity contribution < 1.29 is 4.42 Å². The molecule has 0 bridgehead atoms. The Hall–Kier alpha value is -2.42. The zero-order valence-corrected chi connectivity index (χ0v) is 8.92. The number of benzene rings is 2. The van der Waals surface area contributed by atoms with Gasteiger partial charge in [0.15, 0.2) is 12.0 Å². The number of hydrogen-bond donors (Lipinski definition) is 0. The fourth-order valence-corrected chi connectivity index (χ4v) is 2.27. The molecule has 0 N–H and O–H groups in total. The zero-order valence-electron chi connectivity index (χ0n) is 8.92. The van der Waals surface area contributed by atoms with Crippen LogP contribution in [0.3, 0.4) is 0 Å². The predicted octanol–water partition coefficient (Wildman–Crippen LogP) is 3.53. The Kier molecular flexibility index (Phi) is 1.56. The van der Waals surface area contributed by atoms with Gasteiger partial charge < -0.3 is 4.42 Å². The molecule has 2 aromatic carbocycles. The third-order valence-electron chi connectivity index (χ3n) is 3.05. The monoisotopic (exact) mass is 220 g/mol. The quantitative estimate of drug-likeness (QED) is 0.425. The summed E-state index contributed by atoms with van der Waals surface area (Å²) >= 11 is 0. The van der Waals surface area contributed by atoms with Gasteiger partial charge in [-0.15, -0.1) is 0 Å². The maximum absolute atomic E-state index is 5.50. The Bertz CT molecular complexity index is 848. The number of pyridine rings is 1. The van der Waals surface area contributed by atoms with E-state index in [1.807, 2.05) is 36.5 Å². The lowest BCUT2D eigenvalue weighted by Gasteiger charge is -2.02. The van der Waals surface area contributed by atoms with Gasteiger partial charge in [-0.1, -0.05) is 24.3 Å². The number of aromatic nitrogens is 2. The fourth-order valence-electron chi connectivity index (χ4n) is 2.27. The Morgan fingerprint density at radius 1 is 0.882 bits per heavy atom. The summed E-state index contributed by atoms with van der Waals surface area (Å²) < 4.78 is 5.50. The van der Waals surface area contributed by atoms with Gasteiger partial charge in [0.1, 0.15) is 5.52 Å². The lowest BCUT2D eigenvalue weighted by Crippen LogP contribution is -1.82. The third-order valence-corrected chi connectivity index (χ3v) is 3.05. The van der Waals surface area contributed by atoms with Crippen LogP contribution in [-0.4, -0.2) is 9.97 Å². The molecule has 0 aliphatic rings. The number of hydrogen-bond acceptors (Lipinski definition) is 3.